The van der Waals surface area contributed by atoms with E-state index in [0.717, 1.165) is 0 Å². The minimum absolute atomic E-state index is 0.0213. The summed E-state index contributed by atoms with van der Waals surface area (Å²) in [5, 5.41) is 18.8. The molecule has 2 atom stereocenters. The Morgan fingerprint density at radius 1 is 1.43 bits per heavy atom. The van der Waals surface area contributed by atoms with Crippen LogP contribution in [0.4, 0.5) is 0 Å². The average Bonchev–Trinajstić information content (AvgIpc) is 2.27. The van der Waals surface area contributed by atoms with Crippen molar-refractivity contribution in [3.63, 3.8) is 0 Å². The molecule has 4 N–H and O–H groups in total. The van der Waals surface area contributed by atoms with Crippen molar-refractivity contribution in [1.82, 2.24) is 0 Å². The van der Waals surface area contributed by atoms with Crippen molar-refractivity contribution < 1.29 is 15.0 Å². The van der Waals surface area contributed by atoms with E-state index in [9.17, 15) is 15.0 Å². The molecule has 1 rings (SSSR count). The molecule has 0 radical (unpaired) electrons. The Morgan fingerprint density at radius 3 is 2.71 bits per heavy atom. The molecular weight excluding hydrogens is 182 g/mol. The van der Waals surface area contributed by atoms with Gasteiger partial charge in [0, 0.05) is 12.1 Å². The second-order valence-corrected chi connectivity index (χ2v) is 3.04. The zero-order chi connectivity index (χ0) is 10.6. The fraction of sp³-hybridized carbons (Fsp3) is 0.300. The van der Waals surface area contributed by atoms with Crippen molar-refractivity contribution in [3.8, 4) is 0 Å². The Hall–Kier alpha value is -1.23. The van der Waals surface area contributed by atoms with Gasteiger partial charge in [0.05, 0.1) is 6.10 Å². The molecule has 0 saturated heterocycles. The lowest BCUT2D eigenvalue weighted by Gasteiger charge is -2.16. The number of hydrogen-bond donors (Lipinski definition) is 3. The Labute approximate surface area is 82.0 Å². The maximum Gasteiger partial charge on any atom is 0.150 e. The monoisotopic (exact) mass is 195 g/mol. The molecule has 0 aliphatic carbocycles. The van der Waals surface area contributed by atoms with Crippen LogP contribution >= 0.6 is 0 Å². The Morgan fingerprint density at radius 2 is 2.14 bits per heavy atom. The van der Waals surface area contributed by atoms with E-state index in [1.807, 2.05) is 0 Å². The first-order chi connectivity index (χ1) is 6.69. The van der Waals surface area contributed by atoms with Gasteiger partial charge in [-0.05, 0) is 11.6 Å². The van der Waals surface area contributed by atoms with Crippen molar-refractivity contribution in [1.29, 1.82) is 0 Å². The van der Waals surface area contributed by atoms with Gasteiger partial charge in [-0.3, -0.25) is 4.79 Å². The molecule has 0 heterocycles. The molecular formula is C10H13NO3. The quantitative estimate of drug-likeness (QED) is 0.583. The van der Waals surface area contributed by atoms with Crippen LogP contribution < -0.4 is 5.73 Å². The number of carbonyl (C=O) groups is 1. The molecule has 1 aromatic rings. The first kappa shape index (κ1) is 10.8. The second kappa shape index (κ2) is 4.85. The van der Waals surface area contributed by atoms with Gasteiger partial charge in [0.25, 0.3) is 0 Å². The van der Waals surface area contributed by atoms with Crippen LogP contribution in [0.3, 0.4) is 0 Å². The normalized spacial score (nSPS) is 14.8. The summed E-state index contributed by atoms with van der Waals surface area (Å²) < 4.78 is 0. The Kier molecular flexibility index (Phi) is 3.76. The minimum Gasteiger partial charge on any atom is -0.389 e. The summed E-state index contributed by atoms with van der Waals surface area (Å²) in [4.78, 5) is 10.5. The van der Waals surface area contributed by atoms with Crippen LogP contribution in [0.25, 0.3) is 0 Å². The predicted octanol–water partition coefficient (Wildman–Crippen LogP) is -0.148. The van der Waals surface area contributed by atoms with E-state index >= 15 is 0 Å². The predicted molar refractivity (Wildman–Crippen MR) is 51.9 cm³/mol. The smallest absolute Gasteiger partial charge is 0.150 e. The van der Waals surface area contributed by atoms with Crippen LogP contribution in [0.5, 0.6) is 0 Å². The third-order valence-electron chi connectivity index (χ3n) is 1.99. The van der Waals surface area contributed by atoms with Gasteiger partial charge in [0.1, 0.15) is 12.4 Å². The van der Waals surface area contributed by atoms with Gasteiger partial charge in [-0.2, -0.15) is 0 Å². The average molecular weight is 195 g/mol. The second-order valence-electron chi connectivity index (χ2n) is 3.04. The van der Waals surface area contributed by atoms with E-state index in [1.165, 1.54) is 6.07 Å². The topological polar surface area (TPSA) is 83.6 Å². The van der Waals surface area contributed by atoms with Crippen molar-refractivity contribution in [2.45, 2.75) is 12.2 Å². The van der Waals surface area contributed by atoms with Gasteiger partial charge in [-0.15, -0.1) is 0 Å². The highest BCUT2D eigenvalue weighted by Crippen LogP contribution is 2.16. The fourth-order valence-electron chi connectivity index (χ4n) is 1.17. The van der Waals surface area contributed by atoms with Crippen LogP contribution in [0.1, 0.15) is 22.0 Å². The number of rotatable bonds is 4. The molecule has 1 aromatic carbocycles. The largest absolute Gasteiger partial charge is 0.389 e. The Bertz CT molecular complexity index is 314. The molecule has 14 heavy (non-hydrogen) atoms. The standard InChI is InChI=1S/C10H13NO3/c11-5-9(13)10(14)8-3-1-2-7(4-8)6-12/h1-4,6,9-10,13-14H,5,11H2. The summed E-state index contributed by atoms with van der Waals surface area (Å²) in [6.07, 6.45) is -1.36. The maximum atomic E-state index is 10.5. The zero-order valence-electron chi connectivity index (χ0n) is 7.63. The minimum atomic E-state index is -1.04. The number of nitrogens with two attached hydrogens (primary N) is 1. The summed E-state index contributed by atoms with van der Waals surface area (Å²) >= 11 is 0. The van der Waals surface area contributed by atoms with Crippen molar-refractivity contribution in [2.24, 2.45) is 5.73 Å². The lowest BCUT2D eigenvalue weighted by molar-refractivity contribution is 0.0243. The van der Waals surface area contributed by atoms with Gasteiger partial charge < -0.3 is 15.9 Å². The summed E-state index contributed by atoms with van der Waals surface area (Å²) in [6, 6.07) is 6.43. The SMILES string of the molecule is NCC(O)C(O)c1cccc(C=O)c1. The molecule has 0 aromatic heterocycles. The van der Waals surface area contributed by atoms with Gasteiger partial charge in [0.2, 0.25) is 0 Å². The highest BCUT2D eigenvalue weighted by molar-refractivity contribution is 5.74. The molecule has 76 valence electrons. The van der Waals surface area contributed by atoms with E-state index < -0.39 is 12.2 Å². The number of aliphatic hydroxyl groups is 2. The lowest BCUT2D eigenvalue weighted by atomic mass is 10.0. The first-order valence-corrected chi connectivity index (χ1v) is 4.30. The van der Waals surface area contributed by atoms with Crippen molar-refractivity contribution >= 4 is 6.29 Å². The van der Waals surface area contributed by atoms with Crippen LogP contribution in [0.15, 0.2) is 24.3 Å². The summed E-state index contributed by atoms with van der Waals surface area (Å²) in [5.41, 5.74) is 6.16. The van der Waals surface area contributed by atoms with Gasteiger partial charge >= 0.3 is 0 Å². The van der Waals surface area contributed by atoms with Crippen LogP contribution in [-0.2, 0) is 0 Å². The third-order valence-corrected chi connectivity index (χ3v) is 1.99. The van der Waals surface area contributed by atoms with E-state index in [0.29, 0.717) is 17.4 Å². The molecule has 0 amide bonds. The lowest BCUT2D eigenvalue weighted by Crippen LogP contribution is -2.27. The van der Waals surface area contributed by atoms with E-state index in [1.54, 1.807) is 18.2 Å². The van der Waals surface area contributed by atoms with E-state index in [2.05, 4.69) is 0 Å². The first-order valence-electron chi connectivity index (χ1n) is 4.30. The number of carbonyl (C=O) groups excluding carboxylic acids is 1. The Balaban J connectivity index is 2.89. The number of aldehydes is 1. The summed E-state index contributed by atoms with van der Waals surface area (Å²) in [7, 11) is 0. The molecule has 0 aliphatic heterocycles. The van der Waals surface area contributed by atoms with Crippen LogP contribution in [0.2, 0.25) is 0 Å². The van der Waals surface area contributed by atoms with Crippen LogP contribution in [0, 0.1) is 0 Å². The van der Waals surface area contributed by atoms with Crippen LogP contribution in [-0.4, -0.2) is 29.1 Å². The van der Waals surface area contributed by atoms with Gasteiger partial charge in [0.15, 0.2) is 0 Å². The molecule has 0 saturated carbocycles. The van der Waals surface area contributed by atoms with Crippen molar-refractivity contribution in [2.75, 3.05) is 6.54 Å². The van der Waals surface area contributed by atoms with E-state index in [4.69, 9.17) is 5.73 Å². The highest BCUT2D eigenvalue weighted by Gasteiger charge is 2.16. The number of hydrogen-bond acceptors (Lipinski definition) is 4. The fourth-order valence-corrected chi connectivity index (χ4v) is 1.17. The number of benzene rings is 1. The molecule has 4 heteroatoms. The molecule has 0 aliphatic rings. The van der Waals surface area contributed by atoms with Gasteiger partial charge in [-0.1, -0.05) is 18.2 Å². The maximum absolute atomic E-state index is 10.5. The summed E-state index contributed by atoms with van der Waals surface area (Å²) in [5.74, 6) is 0. The molecule has 0 bridgehead atoms. The molecule has 4 nitrogen and oxygen atoms in total. The third kappa shape index (κ3) is 2.38. The summed E-state index contributed by atoms with van der Waals surface area (Å²) in [6.45, 7) is -0.0213. The molecule has 0 spiro atoms. The van der Waals surface area contributed by atoms with Crippen molar-refractivity contribution in [3.05, 3.63) is 35.4 Å². The van der Waals surface area contributed by atoms with Gasteiger partial charge in [-0.25, -0.2) is 0 Å². The van der Waals surface area contributed by atoms with E-state index in [-0.39, 0.29) is 6.54 Å². The highest BCUT2D eigenvalue weighted by atomic mass is 16.3. The zero-order valence-corrected chi connectivity index (χ0v) is 7.63. The number of aliphatic hydroxyl groups excluding tert-OH is 2. The molecule has 2 unspecified atom stereocenters. The molecule has 0 fully saturated rings.